The van der Waals surface area contributed by atoms with Crippen molar-refractivity contribution < 1.29 is 37.0 Å². The van der Waals surface area contributed by atoms with Crippen molar-refractivity contribution >= 4 is 23.2 Å². The van der Waals surface area contributed by atoms with Gasteiger partial charge in [-0.3, -0.25) is 9.59 Å². The Morgan fingerprint density at radius 2 is 1.56 bits per heavy atom. The SMILES string of the molecule is O=C(Nc1ccccc1C(F)(F)F)c1ccccc1CN1C(=O)C2(COc3cc4c(cc32)OCO4)c2ccccc21. The van der Waals surface area contributed by atoms with Crippen LogP contribution in [0, 0.1) is 0 Å². The number of hydrogen-bond donors (Lipinski definition) is 1. The molecule has 0 bridgehead atoms. The van der Waals surface area contributed by atoms with Crippen molar-refractivity contribution in [3.05, 3.63) is 113 Å². The lowest BCUT2D eigenvalue weighted by Crippen LogP contribution is -2.42. The molecule has 2 amide bonds. The summed E-state index contributed by atoms with van der Waals surface area (Å²) in [4.78, 5) is 29.2. The van der Waals surface area contributed by atoms with Gasteiger partial charge in [0.05, 0.1) is 17.8 Å². The smallest absolute Gasteiger partial charge is 0.418 e. The Bertz CT molecular complexity index is 1740. The van der Waals surface area contributed by atoms with Crippen LogP contribution >= 0.6 is 0 Å². The number of amides is 2. The van der Waals surface area contributed by atoms with E-state index in [-0.39, 0.29) is 37.1 Å². The molecule has 1 N–H and O–H groups in total. The Balaban J connectivity index is 1.25. The molecule has 3 aliphatic heterocycles. The zero-order valence-corrected chi connectivity index (χ0v) is 21.3. The van der Waals surface area contributed by atoms with E-state index in [0.717, 1.165) is 11.6 Å². The molecule has 1 unspecified atom stereocenters. The highest BCUT2D eigenvalue weighted by Crippen LogP contribution is 2.55. The first kappa shape index (κ1) is 25.0. The largest absolute Gasteiger partial charge is 0.491 e. The zero-order valence-electron chi connectivity index (χ0n) is 21.3. The molecule has 0 fully saturated rings. The van der Waals surface area contributed by atoms with Gasteiger partial charge in [0.15, 0.2) is 11.5 Å². The Hall–Kier alpha value is -4.99. The number of alkyl halides is 3. The quantitative estimate of drug-likeness (QED) is 0.337. The van der Waals surface area contributed by atoms with Gasteiger partial charge in [0.1, 0.15) is 17.8 Å². The molecular formula is C31H21F3N2O5. The summed E-state index contributed by atoms with van der Waals surface area (Å²) in [5.74, 6) is 0.646. The van der Waals surface area contributed by atoms with Crippen LogP contribution in [0.15, 0.2) is 84.9 Å². The van der Waals surface area contributed by atoms with Crippen molar-refractivity contribution in [1.29, 1.82) is 0 Å². The highest BCUT2D eigenvalue weighted by Gasteiger charge is 2.57. The van der Waals surface area contributed by atoms with Crippen molar-refractivity contribution in [3.8, 4) is 17.2 Å². The van der Waals surface area contributed by atoms with Crippen LogP contribution in [-0.2, 0) is 22.9 Å². The lowest BCUT2D eigenvalue weighted by Gasteiger charge is -2.24. The number of para-hydroxylation sites is 2. The highest BCUT2D eigenvalue weighted by atomic mass is 19.4. The van der Waals surface area contributed by atoms with Crippen molar-refractivity contribution in [2.45, 2.75) is 18.1 Å². The van der Waals surface area contributed by atoms with Gasteiger partial charge in [-0.05, 0) is 41.5 Å². The molecular weight excluding hydrogens is 537 g/mol. The number of benzene rings is 4. The maximum absolute atomic E-state index is 14.3. The van der Waals surface area contributed by atoms with Crippen LogP contribution in [0.25, 0.3) is 0 Å². The number of nitrogens with one attached hydrogen (secondary N) is 1. The van der Waals surface area contributed by atoms with E-state index in [1.165, 1.54) is 24.3 Å². The summed E-state index contributed by atoms with van der Waals surface area (Å²) >= 11 is 0. The van der Waals surface area contributed by atoms with E-state index in [0.29, 0.717) is 34.1 Å². The summed E-state index contributed by atoms with van der Waals surface area (Å²) in [6, 6.07) is 22.2. The molecule has 0 aromatic heterocycles. The van der Waals surface area contributed by atoms with E-state index in [4.69, 9.17) is 14.2 Å². The van der Waals surface area contributed by atoms with Crippen LogP contribution in [-0.4, -0.2) is 25.2 Å². The molecule has 0 saturated heterocycles. The summed E-state index contributed by atoms with van der Waals surface area (Å²) in [6.07, 6.45) is -4.64. The van der Waals surface area contributed by atoms with Gasteiger partial charge in [0, 0.05) is 22.9 Å². The number of rotatable bonds is 4. The van der Waals surface area contributed by atoms with Crippen molar-refractivity contribution in [3.63, 3.8) is 0 Å². The highest BCUT2D eigenvalue weighted by molar-refractivity contribution is 6.12. The average Bonchev–Trinajstić information content (AvgIpc) is 3.64. The summed E-state index contributed by atoms with van der Waals surface area (Å²) in [7, 11) is 0. The molecule has 206 valence electrons. The van der Waals surface area contributed by atoms with E-state index < -0.39 is 23.1 Å². The van der Waals surface area contributed by atoms with Crippen LogP contribution in [0.3, 0.4) is 0 Å². The monoisotopic (exact) mass is 558 g/mol. The van der Waals surface area contributed by atoms with E-state index >= 15 is 0 Å². The van der Waals surface area contributed by atoms with Crippen molar-refractivity contribution in [2.24, 2.45) is 0 Å². The van der Waals surface area contributed by atoms with Gasteiger partial charge in [0.25, 0.3) is 5.91 Å². The fourth-order valence-electron chi connectivity index (χ4n) is 5.80. The number of fused-ring (bicyclic) bond motifs is 5. The van der Waals surface area contributed by atoms with Gasteiger partial charge in [-0.2, -0.15) is 13.2 Å². The second kappa shape index (κ2) is 9.02. The van der Waals surface area contributed by atoms with Gasteiger partial charge in [-0.1, -0.05) is 48.5 Å². The normalized spacial score (nSPS) is 18.3. The van der Waals surface area contributed by atoms with Gasteiger partial charge in [-0.15, -0.1) is 0 Å². The standard InChI is InChI=1S/C31H21F3N2O5/c32-31(33,34)20-9-3-5-11-23(20)35-28(37)19-8-2-1-7-18(19)15-36-24-12-6-4-10-21(24)30(29(36)38)16-39-25-14-27-26(13-22(25)30)40-17-41-27/h1-14H,15-17H2,(H,35,37). The molecule has 4 aromatic carbocycles. The topological polar surface area (TPSA) is 77.1 Å². The van der Waals surface area contributed by atoms with Gasteiger partial charge < -0.3 is 24.4 Å². The molecule has 3 aliphatic rings. The van der Waals surface area contributed by atoms with E-state index in [9.17, 15) is 22.8 Å². The molecule has 0 saturated carbocycles. The Morgan fingerprint density at radius 3 is 2.39 bits per heavy atom. The number of hydrogen-bond acceptors (Lipinski definition) is 5. The third-order valence-corrected chi connectivity index (χ3v) is 7.71. The number of nitrogens with zero attached hydrogens (tertiary/aromatic N) is 1. The molecule has 10 heteroatoms. The lowest BCUT2D eigenvalue weighted by molar-refractivity contribution is -0.137. The molecule has 0 aliphatic carbocycles. The number of carbonyl (C=O) groups is 2. The second-order valence-corrected chi connectivity index (χ2v) is 9.96. The summed E-state index contributed by atoms with van der Waals surface area (Å²) in [5, 5.41) is 2.41. The number of halogens is 3. The molecule has 41 heavy (non-hydrogen) atoms. The zero-order chi connectivity index (χ0) is 28.4. The Labute approximate surface area is 232 Å². The molecule has 1 atom stereocenters. The summed E-state index contributed by atoms with van der Waals surface area (Å²) in [5.41, 5.74) is 0.276. The summed E-state index contributed by atoms with van der Waals surface area (Å²) < 4.78 is 57.7. The minimum atomic E-state index is -4.64. The van der Waals surface area contributed by atoms with Crippen molar-refractivity contribution in [1.82, 2.24) is 0 Å². The predicted octanol–water partition coefficient (Wildman–Crippen LogP) is 5.91. The fraction of sp³-hybridized carbons (Fsp3) is 0.161. The van der Waals surface area contributed by atoms with Gasteiger partial charge in [-0.25, -0.2) is 0 Å². The molecule has 4 aromatic rings. The maximum Gasteiger partial charge on any atom is 0.418 e. The van der Waals surface area contributed by atoms with Gasteiger partial charge >= 0.3 is 6.18 Å². The first-order chi connectivity index (χ1) is 19.8. The first-order valence-corrected chi connectivity index (χ1v) is 12.8. The van der Waals surface area contributed by atoms with Crippen molar-refractivity contribution in [2.75, 3.05) is 23.6 Å². The Kier molecular flexibility index (Phi) is 5.50. The molecule has 0 radical (unpaired) electrons. The third-order valence-electron chi connectivity index (χ3n) is 7.71. The summed E-state index contributed by atoms with van der Waals surface area (Å²) in [6.45, 7) is 0.171. The Morgan fingerprint density at radius 1 is 0.854 bits per heavy atom. The molecule has 7 nitrogen and oxygen atoms in total. The van der Waals surface area contributed by atoms with E-state index in [1.807, 2.05) is 24.3 Å². The first-order valence-electron chi connectivity index (χ1n) is 12.8. The predicted molar refractivity (Wildman–Crippen MR) is 142 cm³/mol. The lowest BCUT2D eigenvalue weighted by atomic mass is 9.77. The third kappa shape index (κ3) is 3.81. The van der Waals surface area contributed by atoms with Crippen LogP contribution in [0.4, 0.5) is 24.5 Å². The van der Waals surface area contributed by atoms with Crippen LogP contribution in [0.2, 0.25) is 0 Å². The second-order valence-electron chi connectivity index (χ2n) is 9.96. The van der Waals surface area contributed by atoms with Crippen LogP contribution in [0.5, 0.6) is 17.2 Å². The van der Waals surface area contributed by atoms with E-state index in [2.05, 4.69) is 5.32 Å². The van der Waals surface area contributed by atoms with Crippen LogP contribution in [0.1, 0.15) is 32.6 Å². The number of ether oxygens (including phenoxy) is 3. The minimum Gasteiger partial charge on any atom is -0.491 e. The fourth-order valence-corrected chi connectivity index (χ4v) is 5.80. The maximum atomic E-state index is 14.3. The number of carbonyl (C=O) groups excluding carboxylic acids is 2. The molecule has 3 heterocycles. The molecule has 7 rings (SSSR count). The van der Waals surface area contributed by atoms with E-state index in [1.54, 1.807) is 35.2 Å². The molecule has 1 spiro atoms. The van der Waals surface area contributed by atoms with Crippen LogP contribution < -0.4 is 24.4 Å². The minimum absolute atomic E-state index is 0.0159. The van der Waals surface area contributed by atoms with Gasteiger partial charge in [0.2, 0.25) is 12.7 Å². The number of anilines is 2. The average molecular weight is 559 g/mol.